The van der Waals surface area contributed by atoms with Crippen molar-refractivity contribution in [3.05, 3.63) is 63.4 Å². The average Bonchev–Trinajstić information content (AvgIpc) is 2.32. The van der Waals surface area contributed by atoms with Crippen LogP contribution in [-0.2, 0) is 0 Å². The molecule has 0 fully saturated rings. The summed E-state index contributed by atoms with van der Waals surface area (Å²) >= 11 is 6.13. The Balaban J connectivity index is 2.41. The number of benzene rings is 1. The van der Waals surface area contributed by atoms with Gasteiger partial charge in [-0.1, -0.05) is 29.8 Å². The zero-order valence-electron chi connectivity index (χ0n) is 10.9. The Kier molecular flexibility index (Phi) is 3.69. The van der Waals surface area contributed by atoms with Crippen LogP contribution in [0.15, 0.2) is 30.5 Å². The van der Waals surface area contributed by atoms with Gasteiger partial charge in [0.25, 0.3) is 0 Å². The molecule has 0 bridgehead atoms. The maximum Gasteiger partial charge on any atom is 0.0729 e. The van der Waals surface area contributed by atoms with Crippen LogP contribution in [0.25, 0.3) is 0 Å². The molecule has 0 amide bonds. The van der Waals surface area contributed by atoms with Crippen LogP contribution in [0.1, 0.15) is 34.0 Å². The molecule has 3 heteroatoms. The first-order chi connectivity index (χ1) is 8.49. The lowest BCUT2D eigenvalue weighted by Crippen LogP contribution is -2.15. The van der Waals surface area contributed by atoms with Gasteiger partial charge in [-0.15, -0.1) is 0 Å². The van der Waals surface area contributed by atoms with E-state index in [0.29, 0.717) is 0 Å². The van der Waals surface area contributed by atoms with E-state index in [-0.39, 0.29) is 6.04 Å². The molecule has 0 saturated heterocycles. The second-order valence-electron chi connectivity index (χ2n) is 4.70. The number of aromatic nitrogens is 1. The van der Waals surface area contributed by atoms with Crippen LogP contribution in [0.5, 0.6) is 0 Å². The molecule has 2 aromatic rings. The highest BCUT2D eigenvalue weighted by atomic mass is 35.5. The second kappa shape index (κ2) is 5.09. The molecule has 1 aromatic heterocycles. The quantitative estimate of drug-likeness (QED) is 0.894. The first-order valence-corrected chi connectivity index (χ1v) is 6.31. The Hall–Kier alpha value is -1.38. The van der Waals surface area contributed by atoms with Gasteiger partial charge >= 0.3 is 0 Å². The minimum atomic E-state index is -0.233. The number of hydrogen-bond donors (Lipinski definition) is 1. The Morgan fingerprint density at radius 3 is 2.44 bits per heavy atom. The summed E-state index contributed by atoms with van der Waals surface area (Å²) in [4.78, 5) is 4.44. The van der Waals surface area contributed by atoms with E-state index >= 15 is 0 Å². The lowest BCUT2D eigenvalue weighted by Gasteiger charge is -2.15. The van der Waals surface area contributed by atoms with Gasteiger partial charge in [0, 0.05) is 11.2 Å². The molecule has 0 aliphatic heterocycles. The fraction of sp³-hybridized carbons (Fsp3) is 0.267. The van der Waals surface area contributed by atoms with Crippen molar-refractivity contribution in [3.63, 3.8) is 0 Å². The van der Waals surface area contributed by atoms with E-state index in [1.165, 1.54) is 0 Å². The summed E-state index contributed by atoms with van der Waals surface area (Å²) in [5, 5.41) is 0.743. The van der Waals surface area contributed by atoms with Gasteiger partial charge in [-0.05, 0) is 49.1 Å². The van der Waals surface area contributed by atoms with Crippen molar-refractivity contribution in [1.82, 2.24) is 4.98 Å². The normalized spacial score (nSPS) is 12.5. The molecule has 0 aliphatic carbocycles. The van der Waals surface area contributed by atoms with Crippen LogP contribution in [0, 0.1) is 20.8 Å². The van der Waals surface area contributed by atoms with Gasteiger partial charge in [0.2, 0.25) is 0 Å². The zero-order chi connectivity index (χ0) is 13.3. The van der Waals surface area contributed by atoms with E-state index in [2.05, 4.69) is 11.1 Å². The van der Waals surface area contributed by atoms with E-state index in [1.54, 1.807) is 0 Å². The molecule has 0 aliphatic rings. The molecule has 0 spiro atoms. The predicted molar refractivity (Wildman–Crippen MR) is 75.9 cm³/mol. The van der Waals surface area contributed by atoms with Crippen molar-refractivity contribution in [3.8, 4) is 0 Å². The summed E-state index contributed by atoms with van der Waals surface area (Å²) in [7, 11) is 0. The van der Waals surface area contributed by atoms with Gasteiger partial charge < -0.3 is 5.73 Å². The van der Waals surface area contributed by atoms with Gasteiger partial charge in [-0.3, -0.25) is 4.98 Å². The molecule has 0 radical (unpaired) electrons. The molecule has 1 atom stereocenters. The van der Waals surface area contributed by atoms with Crippen molar-refractivity contribution in [2.75, 3.05) is 0 Å². The number of nitrogens with zero attached hydrogens (tertiary/aromatic N) is 1. The average molecular weight is 261 g/mol. The lowest BCUT2D eigenvalue weighted by molar-refractivity contribution is 0.815. The van der Waals surface area contributed by atoms with E-state index in [4.69, 9.17) is 17.3 Å². The van der Waals surface area contributed by atoms with Crippen LogP contribution in [0.2, 0.25) is 5.02 Å². The Bertz CT molecular complexity index is 579. The van der Waals surface area contributed by atoms with Crippen LogP contribution < -0.4 is 5.73 Å². The molecule has 1 aromatic carbocycles. The second-order valence-corrected chi connectivity index (χ2v) is 5.11. The third-order valence-electron chi connectivity index (χ3n) is 3.11. The van der Waals surface area contributed by atoms with Gasteiger partial charge in [0.05, 0.1) is 11.7 Å². The molecule has 2 nitrogen and oxygen atoms in total. The monoisotopic (exact) mass is 260 g/mol. The summed E-state index contributed by atoms with van der Waals surface area (Å²) in [5.41, 5.74) is 11.5. The van der Waals surface area contributed by atoms with Crippen molar-refractivity contribution < 1.29 is 0 Å². The van der Waals surface area contributed by atoms with E-state index in [9.17, 15) is 0 Å². The number of hydrogen-bond acceptors (Lipinski definition) is 2. The van der Waals surface area contributed by atoms with Crippen LogP contribution in [0.3, 0.4) is 0 Å². The molecule has 18 heavy (non-hydrogen) atoms. The highest BCUT2D eigenvalue weighted by Crippen LogP contribution is 2.25. The lowest BCUT2D eigenvalue weighted by atomic mass is 9.99. The first kappa shape index (κ1) is 13.1. The fourth-order valence-corrected chi connectivity index (χ4v) is 2.20. The Labute approximate surface area is 113 Å². The molecule has 2 N–H and O–H groups in total. The maximum atomic E-state index is 6.27. The largest absolute Gasteiger partial charge is 0.319 e. The van der Waals surface area contributed by atoms with E-state index in [0.717, 1.165) is 33.0 Å². The third kappa shape index (κ3) is 2.55. The summed E-state index contributed by atoms with van der Waals surface area (Å²) in [5.74, 6) is 0. The van der Waals surface area contributed by atoms with E-state index in [1.807, 2.05) is 45.2 Å². The van der Waals surface area contributed by atoms with Gasteiger partial charge in [-0.25, -0.2) is 0 Å². The van der Waals surface area contributed by atoms with Crippen molar-refractivity contribution >= 4 is 11.6 Å². The molecule has 1 heterocycles. The number of rotatable bonds is 2. The maximum absolute atomic E-state index is 6.27. The standard InChI is InChI=1S/C15H17ClN2/c1-9-6-11(3)15(18-8-9)14(17)12-5-4-10(2)13(16)7-12/h4-8,14H,17H2,1-3H3. The van der Waals surface area contributed by atoms with Gasteiger partial charge in [0.1, 0.15) is 0 Å². The van der Waals surface area contributed by atoms with Gasteiger partial charge in [-0.2, -0.15) is 0 Å². The highest BCUT2D eigenvalue weighted by Gasteiger charge is 2.13. The molecule has 0 saturated carbocycles. The highest BCUT2D eigenvalue weighted by molar-refractivity contribution is 6.31. The minimum Gasteiger partial charge on any atom is -0.319 e. The zero-order valence-corrected chi connectivity index (χ0v) is 11.6. The fourth-order valence-electron chi connectivity index (χ4n) is 2.01. The third-order valence-corrected chi connectivity index (χ3v) is 3.51. The molecule has 1 unspecified atom stereocenters. The number of pyridine rings is 1. The van der Waals surface area contributed by atoms with Gasteiger partial charge in [0.15, 0.2) is 0 Å². The molecular weight excluding hydrogens is 244 g/mol. The molecular formula is C15H17ClN2. The predicted octanol–water partition coefficient (Wildman–Crippen LogP) is 3.71. The van der Waals surface area contributed by atoms with Crippen molar-refractivity contribution in [2.45, 2.75) is 26.8 Å². The van der Waals surface area contributed by atoms with Crippen molar-refractivity contribution in [2.24, 2.45) is 5.73 Å². The summed E-state index contributed by atoms with van der Waals surface area (Å²) in [6, 6.07) is 7.78. The van der Waals surface area contributed by atoms with Crippen molar-refractivity contribution in [1.29, 1.82) is 0 Å². The van der Waals surface area contributed by atoms with E-state index < -0.39 is 0 Å². The molecule has 94 valence electrons. The summed E-state index contributed by atoms with van der Waals surface area (Å²) in [6.07, 6.45) is 1.85. The summed E-state index contributed by atoms with van der Waals surface area (Å²) in [6.45, 7) is 6.04. The Morgan fingerprint density at radius 2 is 1.83 bits per heavy atom. The van der Waals surface area contributed by atoms with Crippen LogP contribution in [0.4, 0.5) is 0 Å². The first-order valence-electron chi connectivity index (χ1n) is 5.94. The minimum absolute atomic E-state index is 0.233. The SMILES string of the molecule is Cc1cnc(C(N)c2ccc(C)c(Cl)c2)c(C)c1. The topological polar surface area (TPSA) is 38.9 Å². The Morgan fingerprint density at radius 1 is 1.11 bits per heavy atom. The summed E-state index contributed by atoms with van der Waals surface area (Å²) < 4.78 is 0. The van der Waals surface area contributed by atoms with Crippen LogP contribution in [-0.4, -0.2) is 4.98 Å². The number of aryl methyl sites for hydroxylation is 3. The number of nitrogens with two attached hydrogens (primary N) is 1. The molecule has 2 rings (SSSR count). The smallest absolute Gasteiger partial charge is 0.0729 e. The number of halogens is 1. The van der Waals surface area contributed by atoms with Crippen LogP contribution >= 0.6 is 11.6 Å².